The Morgan fingerprint density at radius 1 is 1.28 bits per heavy atom. The van der Waals surface area contributed by atoms with Gasteiger partial charge in [-0.1, -0.05) is 0 Å². The van der Waals surface area contributed by atoms with Gasteiger partial charge >= 0.3 is 0 Å². The van der Waals surface area contributed by atoms with Crippen molar-refractivity contribution in [2.75, 3.05) is 25.0 Å². The molecule has 18 heavy (non-hydrogen) atoms. The number of thiophene rings is 1. The summed E-state index contributed by atoms with van der Waals surface area (Å²) in [7, 11) is 2.00. The number of hydrogen-bond acceptors (Lipinski definition) is 5. The molecule has 0 aliphatic carbocycles. The molecule has 0 saturated heterocycles. The molecule has 0 radical (unpaired) electrons. The Morgan fingerprint density at radius 2 is 2.11 bits per heavy atom. The van der Waals surface area contributed by atoms with E-state index in [9.17, 15) is 0 Å². The molecule has 0 amide bonds. The van der Waals surface area contributed by atoms with Gasteiger partial charge in [0.1, 0.15) is 5.69 Å². The van der Waals surface area contributed by atoms with Crippen molar-refractivity contribution in [3.05, 3.63) is 28.1 Å². The Labute approximate surface area is 119 Å². The van der Waals surface area contributed by atoms with Crippen LogP contribution in [-0.2, 0) is 0 Å². The second-order valence-electron chi connectivity index (χ2n) is 3.94. The predicted molar refractivity (Wildman–Crippen MR) is 80.0 cm³/mol. The number of hydrogen-bond donors (Lipinski definition) is 1. The summed E-state index contributed by atoms with van der Waals surface area (Å²) in [6.45, 7) is 1.59. The maximum absolute atomic E-state index is 5.49. The Bertz CT molecular complexity index is 497. The molecule has 2 heterocycles. The standard InChI is InChI=1S/C12H15BrN4S/c1-17(8-2-7-14)12-6-3-9(15-16-12)10-4-5-11(13)18-10/h3-6H,2,7-8,14H2,1H3. The first kappa shape index (κ1) is 13.5. The van der Waals surface area contributed by atoms with Gasteiger partial charge in [-0.05, 0) is 53.2 Å². The first-order chi connectivity index (χ1) is 8.70. The van der Waals surface area contributed by atoms with E-state index in [2.05, 4.69) is 31.0 Å². The van der Waals surface area contributed by atoms with E-state index in [-0.39, 0.29) is 0 Å². The van der Waals surface area contributed by atoms with Crippen LogP contribution in [0.4, 0.5) is 5.82 Å². The minimum Gasteiger partial charge on any atom is -0.358 e. The van der Waals surface area contributed by atoms with Crippen molar-refractivity contribution in [3.63, 3.8) is 0 Å². The highest BCUT2D eigenvalue weighted by Crippen LogP contribution is 2.29. The summed E-state index contributed by atoms with van der Waals surface area (Å²) in [5.41, 5.74) is 6.40. The topological polar surface area (TPSA) is 55.0 Å². The molecule has 4 nitrogen and oxygen atoms in total. The third kappa shape index (κ3) is 3.28. The molecule has 0 unspecified atom stereocenters. The van der Waals surface area contributed by atoms with Gasteiger partial charge in [0.05, 0.1) is 8.66 Å². The molecule has 6 heteroatoms. The molecular weight excluding hydrogens is 312 g/mol. The SMILES string of the molecule is CN(CCCN)c1ccc(-c2ccc(Br)s2)nn1. The Balaban J connectivity index is 2.10. The summed E-state index contributed by atoms with van der Waals surface area (Å²) in [4.78, 5) is 3.18. The van der Waals surface area contributed by atoms with Crippen LogP contribution < -0.4 is 10.6 Å². The molecule has 0 aliphatic rings. The second kappa shape index (κ2) is 6.26. The zero-order valence-electron chi connectivity index (χ0n) is 10.1. The van der Waals surface area contributed by atoms with Crippen molar-refractivity contribution >= 4 is 33.1 Å². The zero-order chi connectivity index (χ0) is 13.0. The summed E-state index contributed by atoms with van der Waals surface area (Å²) in [6, 6.07) is 8.05. The van der Waals surface area contributed by atoms with Gasteiger partial charge < -0.3 is 10.6 Å². The van der Waals surface area contributed by atoms with Crippen LogP contribution in [-0.4, -0.2) is 30.3 Å². The fourth-order valence-corrected chi connectivity index (χ4v) is 2.91. The van der Waals surface area contributed by atoms with E-state index in [0.29, 0.717) is 6.54 Å². The van der Waals surface area contributed by atoms with Gasteiger partial charge in [-0.3, -0.25) is 0 Å². The molecule has 0 spiro atoms. The average molecular weight is 327 g/mol. The molecule has 0 atom stereocenters. The van der Waals surface area contributed by atoms with Gasteiger partial charge in [0.25, 0.3) is 0 Å². The van der Waals surface area contributed by atoms with Gasteiger partial charge in [-0.15, -0.1) is 21.5 Å². The number of anilines is 1. The van der Waals surface area contributed by atoms with Crippen LogP contribution in [0.5, 0.6) is 0 Å². The van der Waals surface area contributed by atoms with Crippen LogP contribution in [0.1, 0.15) is 6.42 Å². The lowest BCUT2D eigenvalue weighted by Gasteiger charge is -2.16. The van der Waals surface area contributed by atoms with E-state index in [1.54, 1.807) is 11.3 Å². The van der Waals surface area contributed by atoms with Gasteiger partial charge in [0.15, 0.2) is 5.82 Å². The van der Waals surface area contributed by atoms with Crippen LogP contribution in [0.25, 0.3) is 10.6 Å². The lowest BCUT2D eigenvalue weighted by molar-refractivity contribution is 0.778. The molecule has 96 valence electrons. The molecule has 0 saturated carbocycles. The van der Waals surface area contributed by atoms with E-state index >= 15 is 0 Å². The second-order valence-corrected chi connectivity index (χ2v) is 6.41. The number of halogens is 1. The molecule has 0 aromatic carbocycles. The molecule has 2 N–H and O–H groups in total. The van der Waals surface area contributed by atoms with Crippen molar-refractivity contribution < 1.29 is 0 Å². The molecule has 0 fully saturated rings. The molecule has 2 rings (SSSR count). The Hall–Kier alpha value is -0.980. The average Bonchev–Trinajstić information content (AvgIpc) is 2.83. The van der Waals surface area contributed by atoms with Gasteiger partial charge in [0.2, 0.25) is 0 Å². The Kier molecular flexibility index (Phi) is 4.68. The van der Waals surface area contributed by atoms with E-state index in [0.717, 1.165) is 33.1 Å². The van der Waals surface area contributed by atoms with Crippen LogP contribution in [0.15, 0.2) is 28.1 Å². The van der Waals surface area contributed by atoms with Crippen molar-refractivity contribution in [2.45, 2.75) is 6.42 Å². The minimum absolute atomic E-state index is 0.694. The van der Waals surface area contributed by atoms with Gasteiger partial charge in [-0.2, -0.15) is 0 Å². The van der Waals surface area contributed by atoms with Crippen molar-refractivity contribution in [3.8, 4) is 10.6 Å². The summed E-state index contributed by atoms with van der Waals surface area (Å²) in [6.07, 6.45) is 0.956. The molecule has 2 aromatic heterocycles. The van der Waals surface area contributed by atoms with Crippen LogP contribution in [0, 0.1) is 0 Å². The smallest absolute Gasteiger partial charge is 0.151 e. The van der Waals surface area contributed by atoms with Gasteiger partial charge in [-0.25, -0.2) is 0 Å². The van der Waals surface area contributed by atoms with Gasteiger partial charge in [0, 0.05) is 13.6 Å². The minimum atomic E-state index is 0.694. The van der Waals surface area contributed by atoms with Crippen LogP contribution in [0.2, 0.25) is 0 Å². The summed E-state index contributed by atoms with van der Waals surface area (Å²) < 4.78 is 1.10. The highest BCUT2D eigenvalue weighted by atomic mass is 79.9. The summed E-state index contributed by atoms with van der Waals surface area (Å²) >= 11 is 5.10. The predicted octanol–water partition coefficient (Wildman–Crippen LogP) is 2.75. The monoisotopic (exact) mass is 326 g/mol. The third-order valence-corrected chi connectivity index (χ3v) is 4.21. The molecular formula is C12H15BrN4S. The lowest BCUT2D eigenvalue weighted by atomic mass is 10.3. The maximum Gasteiger partial charge on any atom is 0.151 e. The molecule has 0 aliphatic heterocycles. The fraction of sp³-hybridized carbons (Fsp3) is 0.333. The van der Waals surface area contributed by atoms with E-state index < -0.39 is 0 Å². The Morgan fingerprint density at radius 3 is 2.67 bits per heavy atom. The lowest BCUT2D eigenvalue weighted by Crippen LogP contribution is -2.22. The quantitative estimate of drug-likeness (QED) is 0.917. The first-order valence-electron chi connectivity index (χ1n) is 5.71. The first-order valence-corrected chi connectivity index (χ1v) is 7.32. The van der Waals surface area contributed by atoms with E-state index in [4.69, 9.17) is 5.73 Å². The third-order valence-electron chi connectivity index (χ3n) is 2.56. The maximum atomic E-state index is 5.49. The normalized spacial score (nSPS) is 10.6. The highest BCUT2D eigenvalue weighted by molar-refractivity contribution is 9.11. The highest BCUT2D eigenvalue weighted by Gasteiger charge is 2.06. The van der Waals surface area contributed by atoms with E-state index in [1.807, 2.05) is 31.3 Å². The van der Waals surface area contributed by atoms with E-state index in [1.165, 1.54) is 0 Å². The van der Waals surface area contributed by atoms with Crippen LogP contribution >= 0.6 is 27.3 Å². The fourth-order valence-electron chi connectivity index (χ4n) is 1.56. The number of nitrogens with zero attached hydrogens (tertiary/aromatic N) is 3. The zero-order valence-corrected chi connectivity index (χ0v) is 12.5. The summed E-state index contributed by atoms with van der Waals surface area (Å²) in [5.74, 6) is 0.878. The molecule has 2 aromatic rings. The number of rotatable bonds is 5. The number of aromatic nitrogens is 2. The van der Waals surface area contributed by atoms with Crippen molar-refractivity contribution in [1.82, 2.24) is 10.2 Å². The van der Waals surface area contributed by atoms with Crippen molar-refractivity contribution in [2.24, 2.45) is 5.73 Å². The van der Waals surface area contributed by atoms with Crippen molar-refractivity contribution in [1.29, 1.82) is 0 Å². The molecule has 0 bridgehead atoms. The summed E-state index contributed by atoms with van der Waals surface area (Å²) in [5, 5.41) is 8.50. The van der Waals surface area contributed by atoms with Crippen LogP contribution in [0.3, 0.4) is 0 Å². The number of nitrogens with two attached hydrogens (primary N) is 1. The largest absolute Gasteiger partial charge is 0.358 e.